The van der Waals surface area contributed by atoms with E-state index in [1.54, 1.807) is 6.08 Å². The van der Waals surface area contributed by atoms with Gasteiger partial charge in [0.15, 0.2) is 0 Å². The Morgan fingerprint density at radius 1 is 1.02 bits per heavy atom. The molecule has 3 N–H and O–H groups in total. The van der Waals surface area contributed by atoms with Crippen molar-refractivity contribution >= 4 is 16.1 Å². The lowest BCUT2D eigenvalue weighted by Crippen LogP contribution is -2.43. The summed E-state index contributed by atoms with van der Waals surface area (Å²) in [4.78, 5) is 0. The highest BCUT2D eigenvalue weighted by atomic mass is 32.2. The summed E-state index contributed by atoms with van der Waals surface area (Å²) in [7, 11) is -1.96. The lowest BCUT2D eigenvalue weighted by molar-refractivity contribution is -0.228. The maximum absolute atomic E-state index is 11.5. The average molecular weight is 575 g/mol. The Morgan fingerprint density at radius 2 is 1.77 bits per heavy atom. The van der Waals surface area contributed by atoms with E-state index in [4.69, 9.17) is 14.2 Å². The number of aryl methyl sites for hydroxylation is 1. The van der Waals surface area contributed by atoms with Crippen LogP contribution in [-0.2, 0) is 25.9 Å². The number of hydrogen-bond acceptors (Lipinski definition) is 7. The Hall–Kier alpha value is -2.27. The molecule has 3 rings (SSSR count). The molecule has 0 aromatic heterocycles. The maximum atomic E-state index is 11.5. The van der Waals surface area contributed by atoms with Crippen LogP contribution in [0.15, 0.2) is 53.9 Å². The maximum Gasteiger partial charge on any atom is 0.233 e. The van der Waals surface area contributed by atoms with Crippen LogP contribution < -0.4 is 14.8 Å². The van der Waals surface area contributed by atoms with Gasteiger partial charge in [0.25, 0.3) is 0 Å². The van der Waals surface area contributed by atoms with Crippen molar-refractivity contribution in [1.29, 1.82) is 0 Å². The third-order valence-electron chi connectivity index (χ3n) is 6.77. The van der Waals surface area contributed by atoms with Crippen LogP contribution in [0.4, 0.5) is 0 Å². The molecule has 0 radical (unpaired) electrons. The molecule has 2 aromatic carbocycles. The van der Waals surface area contributed by atoms with Gasteiger partial charge in [-0.05, 0) is 69.0 Å². The van der Waals surface area contributed by atoms with Gasteiger partial charge in [0, 0.05) is 44.6 Å². The minimum atomic E-state index is -3.36. The molecule has 0 aliphatic carbocycles. The van der Waals surface area contributed by atoms with Crippen molar-refractivity contribution in [3.63, 3.8) is 0 Å². The Kier molecular flexibility index (Phi) is 13.1. The van der Waals surface area contributed by atoms with Crippen LogP contribution in [0.2, 0.25) is 0 Å². The summed E-state index contributed by atoms with van der Waals surface area (Å²) in [5.41, 5.74) is 2.96. The molecule has 0 spiro atoms. The molecule has 1 unspecified atom stereocenters. The number of rotatable bonds is 18. The summed E-state index contributed by atoms with van der Waals surface area (Å²) in [6.45, 7) is 6.59. The number of benzene rings is 2. The molecule has 8 nitrogen and oxygen atoms in total. The minimum Gasteiger partial charge on any atom is -0.463 e. The zero-order chi connectivity index (χ0) is 28.8. The standard InChI is InChI=1S/C31H46N2O6S/c1-31(2)38-29-17-7-6-16-27(29)30(39-31)28(34)24-33-19-9-4-5-10-20-37-21-11-8-13-25-14-12-15-26(23-25)18-22-40(35,36)32-3/h6-7,12,14-18,22-23,28,30,32-34H,4-5,8-11,13,19-21,24H2,1-3H3/t28-,30?/m1/s1. The number of ether oxygens (including phenoxy) is 3. The fraction of sp³-hybridized carbons (Fsp3) is 0.548. The molecule has 1 aliphatic rings. The highest BCUT2D eigenvalue weighted by Crippen LogP contribution is 2.39. The molecule has 1 aliphatic heterocycles. The van der Waals surface area contributed by atoms with Gasteiger partial charge in [-0.25, -0.2) is 13.1 Å². The molecule has 0 saturated carbocycles. The molecule has 9 heteroatoms. The molecule has 40 heavy (non-hydrogen) atoms. The van der Waals surface area contributed by atoms with E-state index >= 15 is 0 Å². The van der Waals surface area contributed by atoms with Gasteiger partial charge in [0.1, 0.15) is 11.9 Å². The molecule has 0 saturated heterocycles. The van der Waals surface area contributed by atoms with Crippen LogP contribution >= 0.6 is 0 Å². The van der Waals surface area contributed by atoms with Crippen molar-refractivity contribution in [1.82, 2.24) is 10.0 Å². The van der Waals surface area contributed by atoms with Gasteiger partial charge >= 0.3 is 0 Å². The number of unbranched alkanes of at least 4 members (excludes halogenated alkanes) is 4. The molecule has 222 valence electrons. The summed E-state index contributed by atoms with van der Waals surface area (Å²) in [6, 6.07) is 15.7. The van der Waals surface area contributed by atoms with Crippen LogP contribution in [0.3, 0.4) is 0 Å². The number of fused-ring (bicyclic) bond motifs is 1. The second-order valence-corrected chi connectivity index (χ2v) is 12.4. The lowest BCUT2D eigenvalue weighted by Gasteiger charge is -2.39. The second-order valence-electron chi connectivity index (χ2n) is 10.6. The van der Waals surface area contributed by atoms with Crippen LogP contribution in [0.5, 0.6) is 5.75 Å². The number of sulfonamides is 1. The second kappa shape index (κ2) is 16.2. The predicted octanol–water partition coefficient (Wildman–Crippen LogP) is 4.94. The Balaban J connectivity index is 1.18. The van der Waals surface area contributed by atoms with Crippen molar-refractivity contribution in [2.75, 3.05) is 33.4 Å². The zero-order valence-electron chi connectivity index (χ0n) is 24.1. The van der Waals surface area contributed by atoms with Crippen LogP contribution in [0.25, 0.3) is 6.08 Å². The third kappa shape index (κ3) is 11.3. The van der Waals surface area contributed by atoms with E-state index < -0.39 is 28.0 Å². The monoisotopic (exact) mass is 574 g/mol. The molecular formula is C31H46N2O6S. The Labute approximate surface area is 240 Å². The Morgan fingerprint density at radius 3 is 2.58 bits per heavy atom. The predicted molar refractivity (Wildman–Crippen MR) is 160 cm³/mol. The summed E-state index contributed by atoms with van der Waals surface area (Å²) in [6.07, 6.45) is 7.86. The van der Waals surface area contributed by atoms with E-state index in [-0.39, 0.29) is 0 Å². The van der Waals surface area contributed by atoms with Crippen molar-refractivity contribution in [3.8, 4) is 5.75 Å². The first-order valence-electron chi connectivity index (χ1n) is 14.3. The molecule has 0 fully saturated rings. The Bertz CT molecular complexity index is 1170. The summed E-state index contributed by atoms with van der Waals surface area (Å²) >= 11 is 0. The minimum absolute atomic E-state index is 0.415. The molecule has 1 heterocycles. The van der Waals surface area contributed by atoms with E-state index in [1.807, 2.05) is 56.3 Å². The van der Waals surface area contributed by atoms with Gasteiger partial charge in [-0.3, -0.25) is 0 Å². The van der Waals surface area contributed by atoms with E-state index in [0.29, 0.717) is 6.54 Å². The molecule has 0 amide bonds. The normalized spacial score (nSPS) is 17.4. The number of aliphatic hydroxyl groups is 1. The highest BCUT2D eigenvalue weighted by molar-refractivity contribution is 7.92. The first-order valence-corrected chi connectivity index (χ1v) is 15.9. The summed E-state index contributed by atoms with van der Waals surface area (Å²) in [5, 5.41) is 15.3. The van der Waals surface area contributed by atoms with Gasteiger partial charge in [0.05, 0.1) is 6.10 Å². The van der Waals surface area contributed by atoms with Gasteiger partial charge in [0.2, 0.25) is 15.8 Å². The van der Waals surface area contributed by atoms with Crippen LogP contribution in [0.1, 0.15) is 75.2 Å². The largest absolute Gasteiger partial charge is 0.463 e. The molecule has 2 aromatic rings. The highest BCUT2D eigenvalue weighted by Gasteiger charge is 2.37. The zero-order valence-corrected chi connectivity index (χ0v) is 24.9. The fourth-order valence-corrected chi connectivity index (χ4v) is 5.11. The summed E-state index contributed by atoms with van der Waals surface area (Å²) in [5.74, 6) is -0.00272. The smallest absolute Gasteiger partial charge is 0.233 e. The fourth-order valence-electron chi connectivity index (χ4n) is 4.64. The molecule has 0 bridgehead atoms. The van der Waals surface area contributed by atoms with E-state index in [1.165, 1.54) is 18.0 Å². The van der Waals surface area contributed by atoms with E-state index in [2.05, 4.69) is 16.1 Å². The van der Waals surface area contributed by atoms with Gasteiger partial charge < -0.3 is 24.6 Å². The van der Waals surface area contributed by atoms with E-state index in [9.17, 15) is 13.5 Å². The van der Waals surface area contributed by atoms with Gasteiger partial charge in [-0.1, -0.05) is 55.3 Å². The average Bonchev–Trinajstić information content (AvgIpc) is 2.93. The van der Waals surface area contributed by atoms with Crippen molar-refractivity contribution in [2.45, 2.75) is 76.8 Å². The van der Waals surface area contributed by atoms with E-state index in [0.717, 1.165) is 81.6 Å². The van der Waals surface area contributed by atoms with Crippen molar-refractivity contribution in [3.05, 3.63) is 70.6 Å². The number of hydrogen-bond donors (Lipinski definition) is 3. The first kappa shape index (κ1) is 32.2. The van der Waals surface area contributed by atoms with Crippen LogP contribution in [-0.4, -0.2) is 58.8 Å². The van der Waals surface area contributed by atoms with Crippen LogP contribution in [0, 0.1) is 0 Å². The number of nitrogens with one attached hydrogen (secondary N) is 2. The number of para-hydroxylation sites is 1. The van der Waals surface area contributed by atoms with Crippen molar-refractivity contribution < 1.29 is 27.7 Å². The topological polar surface area (TPSA) is 106 Å². The van der Waals surface area contributed by atoms with Gasteiger partial charge in [-0.15, -0.1) is 0 Å². The number of aliphatic hydroxyl groups excluding tert-OH is 1. The molecule has 2 atom stereocenters. The SMILES string of the molecule is CNS(=O)(=O)C=Cc1cccc(CCCCOCCCCCCNC[C@@H](O)C2OC(C)(C)Oc3ccccc32)c1. The van der Waals surface area contributed by atoms with Crippen molar-refractivity contribution in [2.24, 2.45) is 0 Å². The quantitative estimate of drug-likeness (QED) is 0.217. The molecular weight excluding hydrogens is 528 g/mol. The van der Waals surface area contributed by atoms with Gasteiger partial charge in [-0.2, -0.15) is 0 Å². The third-order valence-corrected chi connectivity index (χ3v) is 7.83. The lowest BCUT2D eigenvalue weighted by atomic mass is 10.0. The first-order chi connectivity index (χ1) is 19.2. The summed E-state index contributed by atoms with van der Waals surface area (Å²) < 4.78 is 43.1.